The maximum atomic E-state index is 12.0. The van der Waals surface area contributed by atoms with Gasteiger partial charge in [-0.1, -0.05) is 69.3 Å². The minimum Gasteiger partial charge on any atom is -0.445 e. The van der Waals surface area contributed by atoms with Gasteiger partial charge < -0.3 is 15.0 Å². The molecule has 4 nitrogen and oxygen atoms in total. The average molecular weight is 364 g/mol. The lowest BCUT2D eigenvalue weighted by molar-refractivity contribution is 0.140. The highest BCUT2D eigenvalue weighted by Gasteiger charge is 2.19. The molecule has 0 saturated heterocycles. The van der Waals surface area contributed by atoms with Crippen molar-refractivity contribution in [3.05, 3.63) is 71.4 Å². The molecule has 1 amide bonds. The minimum atomic E-state index is -0.378. The molecule has 0 radical (unpaired) electrons. The number of H-pyrrole nitrogens is 1. The van der Waals surface area contributed by atoms with Crippen LogP contribution in [0.25, 0.3) is 10.9 Å². The summed E-state index contributed by atoms with van der Waals surface area (Å²) in [5, 5.41) is 4.11. The molecule has 1 heterocycles. The molecule has 0 spiro atoms. The molecule has 3 rings (SSSR count). The molecule has 2 N–H and O–H groups in total. The number of nitrogens with one attached hydrogen (secondary N) is 2. The molecule has 1 atom stereocenters. The predicted molar refractivity (Wildman–Crippen MR) is 110 cm³/mol. The molecule has 0 aliphatic carbocycles. The molecule has 0 aliphatic heterocycles. The molecule has 142 valence electrons. The zero-order valence-electron chi connectivity index (χ0n) is 16.3. The van der Waals surface area contributed by atoms with Crippen LogP contribution < -0.4 is 5.32 Å². The Balaban J connectivity index is 1.62. The number of amides is 1. The van der Waals surface area contributed by atoms with Gasteiger partial charge in [-0.25, -0.2) is 4.79 Å². The topological polar surface area (TPSA) is 54.1 Å². The summed E-state index contributed by atoms with van der Waals surface area (Å²) >= 11 is 0. The highest BCUT2D eigenvalue weighted by molar-refractivity contribution is 5.85. The third-order valence-corrected chi connectivity index (χ3v) is 5.16. The second kappa shape index (κ2) is 8.76. The third kappa shape index (κ3) is 4.70. The molecule has 1 unspecified atom stereocenters. The molecule has 0 fully saturated rings. The standard InChI is InChI=1S/C23H28N2O2/c1-16(2)17(3)22-20(19-11-7-8-12-21(19)25-22)13-14-24-23(26)27-15-18-9-5-4-6-10-18/h4-12,16-17,25H,13-15H2,1-3H3,(H,24,26). The number of carbonyl (C=O) groups excluding carboxylic acids is 1. The predicted octanol–water partition coefficient (Wildman–Crippen LogP) is 5.40. The van der Waals surface area contributed by atoms with Crippen molar-refractivity contribution in [3.63, 3.8) is 0 Å². The van der Waals surface area contributed by atoms with Crippen LogP contribution in [-0.2, 0) is 17.8 Å². The first-order valence-electron chi connectivity index (χ1n) is 9.60. The Hall–Kier alpha value is -2.75. The number of rotatable bonds is 7. The molecule has 2 aromatic carbocycles. The van der Waals surface area contributed by atoms with Gasteiger partial charge in [0.15, 0.2) is 0 Å². The Morgan fingerprint density at radius 3 is 2.48 bits per heavy atom. The minimum absolute atomic E-state index is 0.287. The summed E-state index contributed by atoms with van der Waals surface area (Å²) in [7, 11) is 0. The van der Waals surface area contributed by atoms with Crippen LogP contribution in [0, 0.1) is 5.92 Å². The van der Waals surface area contributed by atoms with Gasteiger partial charge in [-0.3, -0.25) is 0 Å². The van der Waals surface area contributed by atoms with Gasteiger partial charge in [-0.2, -0.15) is 0 Å². The van der Waals surface area contributed by atoms with E-state index in [9.17, 15) is 4.79 Å². The molecular weight excluding hydrogens is 336 g/mol. The first kappa shape index (κ1) is 19.0. The summed E-state index contributed by atoms with van der Waals surface area (Å²) in [4.78, 5) is 15.6. The van der Waals surface area contributed by atoms with E-state index in [-0.39, 0.29) is 12.7 Å². The van der Waals surface area contributed by atoms with Crippen LogP contribution in [0.5, 0.6) is 0 Å². The second-order valence-corrected chi connectivity index (χ2v) is 7.33. The van der Waals surface area contributed by atoms with Crippen molar-refractivity contribution in [2.24, 2.45) is 5.92 Å². The number of para-hydroxylation sites is 1. The van der Waals surface area contributed by atoms with Gasteiger partial charge in [0.2, 0.25) is 0 Å². The number of carbonyl (C=O) groups is 1. The lowest BCUT2D eigenvalue weighted by atomic mass is 9.91. The summed E-state index contributed by atoms with van der Waals surface area (Å²) in [5.41, 5.74) is 4.69. The fourth-order valence-corrected chi connectivity index (χ4v) is 3.28. The quantitative estimate of drug-likeness (QED) is 0.590. The fraction of sp³-hybridized carbons (Fsp3) is 0.348. The fourth-order valence-electron chi connectivity index (χ4n) is 3.28. The highest BCUT2D eigenvalue weighted by atomic mass is 16.5. The first-order valence-corrected chi connectivity index (χ1v) is 9.60. The number of fused-ring (bicyclic) bond motifs is 1. The van der Waals surface area contributed by atoms with E-state index in [0.29, 0.717) is 18.4 Å². The van der Waals surface area contributed by atoms with Gasteiger partial charge in [0.1, 0.15) is 6.61 Å². The van der Waals surface area contributed by atoms with E-state index in [4.69, 9.17) is 4.74 Å². The molecule has 1 aromatic heterocycles. The number of hydrogen-bond acceptors (Lipinski definition) is 2. The van der Waals surface area contributed by atoms with Gasteiger partial charge in [0.25, 0.3) is 0 Å². The summed E-state index contributed by atoms with van der Waals surface area (Å²) in [6.45, 7) is 7.56. The number of alkyl carbamates (subject to hydrolysis) is 1. The van der Waals surface area contributed by atoms with Gasteiger partial charge in [0, 0.05) is 23.1 Å². The van der Waals surface area contributed by atoms with Crippen molar-refractivity contribution in [1.29, 1.82) is 0 Å². The molecular formula is C23H28N2O2. The van der Waals surface area contributed by atoms with Gasteiger partial charge >= 0.3 is 6.09 Å². The van der Waals surface area contributed by atoms with Crippen LogP contribution in [0.2, 0.25) is 0 Å². The van der Waals surface area contributed by atoms with E-state index in [1.54, 1.807) is 0 Å². The van der Waals surface area contributed by atoms with Crippen molar-refractivity contribution in [1.82, 2.24) is 10.3 Å². The van der Waals surface area contributed by atoms with Crippen LogP contribution >= 0.6 is 0 Å². The smallest absolute Gasteiger partial charge is 0.407 e. The summed E-state index contributed by atoms with van der Waals surface area (Å²) in [6.07, 6.45) is 0.397. The Labute approximate surface area is 160 Å². The van der Waals surface area contributed by atoms with E-state index in [1.165, 1.54) is 16.6 Å². The Kier molecular flexibility index (Phi) is 6.17. The molecule has 3 aromatic rings. The third-order valence-electron chi connectivity index (χ3n) is 5.16. The maximum absolute atomic E-state index is 12.0. The summed E-state index contributed by atoms with van der Waals surface area (Å²) in [5.74, 6) is 0.970. The molecule has 0 saturated carbocycles. The van der Waals surface area contributed by atoms with Crippen molar-refractivity contribution in [2.45, 2.75) is 39.7 Å². The van der Waals surface area contributed by atoms with Gasteiger partial charge in [-0.05, 0) is 35.4 Å². The lowest BCUT2D eigenvalue weighted by Crippen LogP contribution is -2.26. The highest BCUT2D eigenvalue weighted by Crippen LogP contribution is 2.31. The van der Waals surface area contributed by atoms with E-state index >= 15 is 0 Å². The Morgan fingerprint density at radius 2 is 1.74 bits per heavy atom. The molecule has 4 heteroatoms. The number of benzene rings is 2. The second-order valence-electron chi connectivity index (χ2n) is 7.33. The Bertz CT molecular complexity index is 884. The molecule has 27 heavy (non-hydrogen) atoms. The van der Waals surface area contributed by atoms with E-state index < -0.39 is 0 Å². The monoisotopic (exact) mass is 364 g/mol. The van der Waals surface area contributed by atoms with E-state index in [2.05, 4.69) is 49.3 Å². The van der Waals surface area contributed by atoms with Crippen LogP contribution in [-0.4, -0.2) is 17.6 Å². The van der Waals surface area contributed by atoms with Crippen molar-refractivity contribution < 1.29 is 9.53 Å². The number of ether oxygens (including phenoxy) is 1. The summed E-state index contributed by atoms with van der Waals surface area (Å²) in [6, 6.07) is 18.1. The number of aromatic nitrogens is 1. The van der Waals surface area contributed by atoms with Crippen molar-refractivity contribution in [2.75, 3.05) is 6.54 Å². The summed E-state index contributed by atoms with van der Waals surface area (Å²) < 4.78 is 5.29. The number of hydrogen-bond donors (Lipinski definition) is 2. The van der Waals surface area contributed by atoms with E-state index in [1.807, 2.05) is 36.4 Å². The van der Waals surface area contributed by atoms with Crippen LogP contribution in [0.15, 0.2) is 54.6 Å². The van der Waals surface area contributed by atoms with Crippen LogP contribution in [0.3, 0.4) is 0 Å². The largest absolute Gasteiger partial charge is 0.445 e. The lowest BCUT2D eigenvalue weighted by Gasteiger charge is -2.17. The molecule has 0 aliphatic rings. The zero-order chi connectivity index (χ0) is 19.2. The van der Waals surface area contributed by atoms with E-state index in [0.717, 1.165) is 17.5 Å². The van der Waals surface area contributed by atoms with Gasteiger partial charge in [-0.15, -0.1) is 0 Å². The Morgan fingerprint density at radius 1 is 1.04 bits per heavy atom. The van der Waals surface area contributed by atoms with Crippen LogP contribution in [0.4, 0.5) is 4.79 Å². The van der Waals surface area contributed by atoms with Crippen molar-refractivity contribution in [3.8, 4) is 0 Å². The number of aromatic amines is 1. The van der Waals surface area contributed by atoms with Gasteiger partial charge in [0.05, 0.1) is 0 Å². The SMILES string of the molecule is CC(C)C(C)c1[nH]c2ccccc2c1CCNC(=O)OCc1ccccc1. The van der Waals surface area contributed by atoms with Crippen LogP contribution in [0.1, 0.15) is 43.5 Å². The first-order chi connectivity index (χ1) is 13.1. The molecule has 0 bridgehead atoms. The normalized spacial score (nSPS) is 12.3. The zero-order valence-corrected chi connectivity index (χ0v) is 16.3. The maximum Gasteiger partial charge on any atom is 0.407 e. The average Bonchev–Trinajstić information content (AvgIpc) is 3.05. The van der Waals surface area contributed by atoms with Crippen molar-refractivity contribution >= 4 is 17.0 Å².